The Bertz CT molecular complexity index is 290. The molecule has 1 N–H and O–H groups in total. The van der Waals surface area contributed by atoms with Crippen LogP contribution in [0.3, 0.4) is 0 Å². The number of anilines is 1. The Morgan fingerprint density at radius 1 is 1.64 bits per heavy atom. The molecule has 0 aliphatic rings. The van der Waals surface area contributed by atoms with Gasteiger partial charge in [-0.2, -0.15) is 4.37 Å². The summed E-state index contributed by atoms with van der Waals surface area (Å²) in [7, 11) is 0. The summed E-state index contributed by atoms with van der Waals surface area (Å²) < 4.78 is 9.18. The van der Waals surface area contributed by atoms with Crippen molar-refractivity contribution in [3.05, 3.63) is 11.6 Å². The van der Waals surface area contributed by atoms with Gasteiger partial charge in [0.1, 0.15) is 6.61 Å². The summed E-state index contributed by atoms with van der Waals surface area (Å²) in [6.45, 7) is 5.80. The van der Waals surface area contributed by atoms with Gasteiger partial charge in [-0.25, -0.2) is 0 Å². The first-order chi connectivity index (χ1) is 6.47. The Labute approximate surface area is 87.4 Å². The molecule has 0 atom stereocenters. The van der Waals surface area contributed by atoms with Crippen molar-refractivity contribution in [3.8, 4) is 0 Å². The van der Waals surface area contributed by atoms with E-state index < -0.39 is 0 Å². The van der Waals surface area contributed by atoms with Crippen LogP contribution in [0.1, 0.15) is 20.8 Å². The Balaban J connectivity index is 2.30. The van der Waals surface area contributed by atoms with Crippen molar-refractivity contribution < 1.29 is 9.53 Å². The van der Waals surface area contributed by atoms with Crippen LogP contribution in [-0.4, -0.2) is 22.5 Å². The third-order valence-corrected chi connectivity index (χ3v) is 1.94. The molecule has 0 spiro atoms. The number of aromatic nitrogens is 1. The highest BCUT2D eigenvalue weighted by molar-refractivity contribution is 7.04. The number of carbonyl (C=O) groups excluding carboxylic acids is 1. The summed E-state index contributed by atoms with van der Waals surface area (Å²) in [5.41, 5.74) is 0.432. The third-order valence-electron chi connectivity index (χ3n) is 1.35. The number of carbonyl (C=O) groups is 1. The number of ether oxygens (including phenoxy) is 1. The molecule has 1 rings (SSSR count). The zero-order valence-corrected chi connectivity index (χ0v) is 9.35. The normalized spacial score (nSPS) is 11.4. The minimum Gasteiger partial charge on any atom is -0.366 e. The average molecular weight is 214 g/mol. The van der Waals surface area contributed by atoms with Crippen LogP contribution in [-0.2, 0) is 9.53 Å². The summed E-state index contributed by atoms with van der Waals surface area (Å²) >= 11 is 1.30. The Hall–Kier alpha value is -0.940. The molecule has 1 heterocycles. The van der Waals surface area contributed by atoms with Crippen LogP contribution < -0.4 is 5.32 Å². The monoisotopic (exact) mass is 214 g/mol. The fourth-order valence-corrected chi connectivity index (χ4v) is 1.21. The van der Waals surface area contributed by atoms with Crippen LogP contribution in [0.25, 0.3) is 0 Å². The van der Waals surface area contributed by atoms with Crippen LogP contribution in [0.15, 0.2) is 11.6 Å². The van der Waals surface area contributed by atoms with Crippen molar-refractivity contribution >= 4 is 23.1 Å². The van der Waals surface area contributed by atoms with Gasteiger partial charge in [-0.05, 0) is 32.3 Å². The Morgan fingerprint density at radius 3 is 2.86 bits per heavy atom. The number of hydrogen-bond acceptors (Lipinski definition) is 4. The van der Waals surface area contributed by atoms with Gasteiger partial charge in [0.25, 0.3) is 0 Å². The van der Waals surface area contributed by atoms with Crippen molar-refractivity contribution in [1.82, 2.24) is 4.37 Å². The Kier molecular flexibility index (Phi) is 3.60. The second-order valence-electron chi connectivity index (χ2n) is 3.86. The van der Waals surface area contributed by atoms with Crippen LogP contribution in [0, 0.1) is 0 Å². The number of hydrogen-bond donors (Lipinski definition) is 1. The van der Waals surface area contributed by atoms with Crippen molar-refractivity contribution in [2.75, 3.05) is 11.9 Å². The first-order valence-corrected chi connectivity index (χ1v) is 5.14. The van der Waals surface area contributed by atoms with E-state index in [1.165, 1.54) is 11.5 Å². The molecular formula is C9H14N2O2S. The van der Waals surface area contributed by atoms with E-state index in [0.29, 0.717) is 0 Å². The second kappa shape index (κ2) is 4.52. The van der Waals surface area contributed by atoms with E-state index in [2.05, 4.69) is 9.69 Å². The standard InChI is InChI=1S/C9H14N2O2S/c1-9(2,3)13-5-8(12)11-7-4-10-14-6-7/h4,6H,5H2,1-3H3,(H,11,12). The molecule has 1 aromatic heterocycles. The molecule has 0 saturated carbocycles. The van der Waals surface area contributed by atoms with Crippen LogP contribution in [0.4, 0.5) is 5.69 Å². The maximum absolute atomic E-state index is 11.3. The molecule has 4 nitrogen and oxygen atoms in total. The van der Waals surface area contributed by atoms with E-state index in [1.54, 1.807) is 11.6 Å². The highest BCUT2D eigenvalue weighted by atomic mass is 32.1. The predicted molar refractivity (Wildman–Crippen MR) is 56.4 cm³/mol. The fourth-order valence-electron chi connectivity index (χ4n) is 0.746. The van der Waals surface area contributed by atoms with E-state index in [4.69, 9.17) is 4.74 Å². The molecule has 0 fully saturated rings. The molecule has 0 bridgehead atoms. The van der Waals surface area contributed by atoms with Gasteiger partial charge in [-0.1, -0.05) is 0 Å². The van der Waals surface area contributed by atoms with Gasteiger partial charge in [0, 0.05) is 5.38 Å². The summed E-state index contributed by atoms with van der Waals surface area (Å²) in [4.78, 5) is 11.3. The van der Waals surface area contributed by atoms with Crippen molar-refractivity contribution in [1.29, 1.82) is 0 Å². The zero-order chi connectivity index (χ0) is 10.6. The van der Waals surface area contributed by atoms with Crippen LogP contribution in [0.5, 0.6) is 0 Å². The fraction of sp³-hybridized carbons (Fsp3) is 0.556. The van der Waals surface area contributed by atoms with E-state index in [-0.39, 0.29) is 18.1 Å². The molecule has 0 unspecified atom stereocenters. The smallest absolute Gasteiger partial charge is 0.250 e. The molecule has 14 heavy (non-hydrogen) atoms. The van der Waals surface area contributed by atoms with Crippen LogP contribution >= 0.6 is 11.5 Å². The molecule has 5 heteroatoms. The molecule has 0 aliphatic carbocycles. The first kappa shape index (κ1) is 11.1. The third kappa shape index (κ3) is 4.34. The Morgan fingerprint density at radius 2 is 2.36 bits per heavy atom. The lowest BCUT2D eigenvalue weighted by Crippen LogP contribution is -2.26. The first-order valence-electron chi connectivity index (χ1n) is 4.30. The lowest BCUT2D eigenvalue weighted by molar-refractivity contribution is -0.125. The number of amides is 1. The van der Waals surface area contributed by atoms with Gasteiger partial charge in [-0.3, -0.25) is 4.79 Å². The summed E-state index contributed by atoms with van der Waals surface area (Å²) in [5, 5.41) is 4.45. The van der Waals surface area contributed by atoms with E-state index >= 15 is 0 Å². The predicted octanol–water partition coefficient (Wildman–Crippen LogP) is 1.90. The number of rotatable bonds is 3. The van der Waals surface area contributed by atoms with E-state index in [1.807, 2.05) is 20.8 Å². The van der Waals surface area contributed by atoms with Crippen LogP contribution in [0.2, 0.25) is 0 Å². The molecule has 0 aromatic carbocycles. The van der Waals surface area contributed by atoms with Crippen molar-refractivity contribution in [2.24, 2.45) is 0 Å². The van der Waals surface area contributed by atoms with E-state index in [9.17, 15) is 4.79 Å². The van der Waals surface area contributed by atoms with E-state index in [0.717, 1.165) is 5.69 Å². The lowest BCUT2D eigenvalue weighted by atomic mass is 10.2. The molecule has 0 aliphatic heterocycles. The topological polar surface area (TPSA) is 51.2 Å². The SMILES string of the molecule is CC(C)(C)OCC(=O)Nc1cnsc1. The van der Waals surface area contributed by atoms with Gasteiger partial charge < -0.3 is 10.1 Å². The maximum atomic E-state index is 11.3. The molecule has 1 aromatic rings. The highest BCUT2D eigenvalue weighted by Gasteiger charge is 2.12. The van der Waals surface area contributed by atoms with Crippen molar-refractivity contribution in [3.63, 3.8) is 0 Å². The summed E-state index contributed by atoms with van der Waals surface area (Å²) in [5.74, 6) is -0.153. The number of nitrogens with one attached hydrogen (secondary N) is 1. The van der Waals surface area contributed by atoms with Gasteiger partial charge >= 0.3 is 0 Å². The molecule has 1 amide bonds. The molecule has 0 radical (unpaired) electrons. The van der Waals surface area contributed by atoms with Gasteiger partial charge in [0.2, 0.25) is 5.91 Å². The maximum Gasteiger partial charge on any atom is 0.250 e. The number of nitrogens with zero attached hydrogens (tertiary/aromatic N) is 1. The summed E-state index contributed by atoms with van der Waals surface area (Å²) in [6.07, 6.45) is 1.61. The quantitative estimate of drug-likeness (QED) is 0.836. The minimum absolute atomic E-state index is 0.0688. The molecular weight excluding hydrogens is 200 g/mol. The van der Waals surface area contributed by atoms with Gasteiger partial charge in [-0.15, -0.1) is 0 Å². The highest BCUT2D eigenvalue weighted by Crippen LogP contribution is 2.09. The summed E-state index contributed by atoms with van der Waals surface area (Å²) in [6, 6.07) is 0. The average Bonchev–Trinajstić information content (AvgIpc) is 2.52. The van der Waals surface area contributed by atoms with Gasteiger partial charge in [0.05, 0.1) is 17.5 Å². The molecule has 78 valence electrons. The minimum atomic E-state index is -0.287. The zero-order valence-electron chi connectivity index (χ0n) is 8.53. The van der Waals surface area contributed by atoms with Crippen molar-refractivity contribution in [2.45, 2.75) is 26.4 Å². The van der Waals surface area contributed by atoms with Gasteiger partial charge in [0.15, 0.2) is 0 Å². The largest absolute Gasteiger partial charge is 0.366 e. The molecule has 0 saturated heterocycles. The lowest BCUT2D eigenvalue weighted by Gasteiger charge is -2.18. The second-order valence-corrected chi connectivity index (χ2v) is 4.52.